The van der Waals surface area contributed by atoms with E-state index in [0.29, 0.717) is 30.9 Å². The van der Waals surface area contributed by atoms with E-state index in [2.05, 4.69) is 0 Å². The Morgan fingerprint density at radius 3 is 2.36 bits per heavy atom. The molecule has 4 rings (SSSR count). The third kappa shape index (κ3) is 5.00. The van der Waals surface area contributed by atoms with Crippen molar-refractivity contribution in [2.45, 2.75) is 58.4 Å². The van der Waals surface area contributed by atoms with E-state index in [1.165, 1.54) is 23.8 Å². The molecule has 1 aliphatic carbocycles. The summed E-state index contributed by atoms with van der Waals surface area (Å²) in [6.07, 6.45) is 8.50. The Balaban J connectivity index is 1.55. The Bertz CT molecular complexity index is 1200. The van der Waals surface area contributed by atoms with Gasteiger partial charge in [0.25, 0.3) is 0 Å². The van der Waals surface area contributed by atoms with Crippen LogP contribution in [0.15, 0.2) is 59.5 Å². The maximum atomic E-state index is 13.1. The molecule has 6 heteroatoms. The van der Waals surface area contributed by atoms with E-state index in [0.717, 1.165) is 29.7 Å². The zero-order valence-corrected chi connectivity index (χ0v) is 19.0. The minimum absolute atomic E-state index is 0.110. The molecule has 1 saturated carbocycles. The number of carbonyl (C=O) groups is 2. The summed E-state index contributed by atoms with van der Waals surface area (Å²) in [4.78, 5) is 37.5. The molecule has 0 spiro atoms. The average Bonchev–Trinajstić information content (AvgIpc) is 3.15. The van der Waals surface area contributed by atoms with E-state index in [1.54, 1.807) is 29.0 Å². The van der Waals surface area contributed by atoms with Crippen molar-refractivity contribution >= 4 is 11.9 Å². The summed E-state index contributed by atoms with van der Waals surface area (Å²) in [6.45, 7) is 2.35. The van der Waals surface area contributed by atoms with Gasteiger partial charge in [-0.2, -0.15) is 0 Å². The van der Waals surface area contributed by atoms with Gasteiger partial charge in [0.05, 0.1) is 12.1 Å². The Hall–Kier alpha value is -3.41. The monoisotopic (exact) mass is 446 g/mol. The second kappa shape index (κ2) is 10.0. The van der Waals surface area contributed by atoms with Crippen LogP contribution in [0.25, 0.3) is 11.1 Å². The first-order valence-electron chi connectivity index (χ1n) is 11.7. The Morgan fingerprint density at radius 2 is 1.70 bits per heavy atom. The van der Waals surface area contributed by atoms with Crippen LogP contribution in [0.5, 0.6) is 0 Å². The fourth-order valence-corrected chi connectivity index (χ4v) is 4.79. The van der Waals surface area contributed by atoms with Crippen LogP contribution in [0, 0.1) is 5.92 Å². The number of nitrogens with zero attached hydrogens (tertiary/aromatic N) is 2. The molecule has 1 aliphatic rings. The molecule has 0 bridgehead atoms. The fraction of sp³-hybridized carbons (Fsp3) is 0.370. The molecule has 33 heavy (non-hydrogen) atoms. The summed E-state index contributed by atoms with van der Waals surface area (Å²) in [5.74, 6) is -0.693. The van der Waals surface area contributed by atoms with E-state index < -0.39 is 5.97 Å². The molecule has 1 fully saturated rings. The van der Waals surface area contributed by atoms with E-state index in [9.17, 15) is 19.5 Å². The molecule has 0 atom stereocenters. The number of carbonyl (C=O) groups excluding carboxylic acids is 1. The Labute approximate surface area is 193 Å². The largest absolute Gasteiger partial charge is 0.478 e. The van der Waals surface area contributed by atoms with Gasteiger partial charge in [0.1, 0.15) is 0 Å². The Kier molecular flexibility index (Phi) is 6.92. The SMILES string of the molecule is CCc1cn(C(=O)CC2CCCCC2)c(=O)n1Cc1ccc(-c2ccccc2C(=O)O)cc1. The van der Waals surface area contributed by atoms with Gasteiger partial charge in [0.2, 0.25) is 5.91 Å². The highest BCUT2D eigenvalue weighted by atomic mass is 16.4. The lowest BCUT2D eigenvalue weighted by atomic mass is 9.87. The van der Waals surface area contributed by atoms with Crippen LogP contribution in [0.3, 0.4) is 0 Å². The van der Waals surface area contributed by atoms with Gasteiger partial charge in [-0.25, -0.2) is 14.2 Å². The normalized spacial score (nSPS) is 14.3. The number of aryl methyl sites for hydroxylation is 1. The number of carboxylic acids is 1. The first-order valence-corrected chi connectivity index (χ1v) is 11.7. The summed E-state index contributed by atoms with van der Waals surface area (Å²) in [7, 11) is 0. The quantitative estimate of drug-likeness (QED) is 0.538. The van der Waals surface area contributed by atoms with Crippen molar-refractivity contribution in [2.24, 2.45) is 5.92 Å². The summed E-state index contributed by atoms with van der Waals surface area (Å²) >= 11 is 0. The van der Waals surface area contributed by atoms with E-state index >= 15 is 0 Å². The molecule has 172 valence electrons. The lowest BCUT2D eigenvalue weighted by Crippen LogP contribution is -2.30. The number of aromatic nitrogens is 2. The van der Waals surface area contributed by atoms with E-state index in [-0.39, 0.29) is 17.2 Å². The molecule has 6 nitrogen and oxygen atoms in total. The van der Waals surface area contributed by atoms with Crippen LogP contribution in [-0.4, -0.2) is 26.1 Å². The summed E-state index contributed by atoms with van der Waals surface area (Å²) in [6, 6.07) is 14.5. The predicted molar refractivity (Wildman–Crippen MR) is 128 cm³/mol. The zero-order chi connectivity index (χ0) is 23.4. The second-order valence-corrected chi connectivity index (χ2v) is 8.86. The third-order valence-corrected chi connectivity index (χ3v) is 6.64. The van der Waals surface area contributed by atoms with E-state index in [1.807, 2.05) is 37.3 Å². The van der Waals surface area contributed by atoms with Crippen LogP contribution in [0.2, 0.25) is 0 Å². The van der Waals surface area contributed by atoms with Crippen LogP contribution in [0.1, 0.15) is 71.9 Å². The van der Waals surface area contributed by atoms with Crippen molar-refractivity contribution in [2.75, 3.05) is 0 Å². The number of imidazole rings is 1. The molecular formula is C27H30N2O4. The minimum Gasteiger partial charge on any atom is -0.478 e. The topological polar surface area (TPSA) is 81.3 Å². The molecule has 3 aromatic rings. The first-order chi connectivity index (χ1) is 16.0. The molecule has 2 aromatic carbocycles. The highest BCUT2D eigenvalue weighted by molar-refractivity contribution is 5.96. The zero-order valence-electron chi connectivity index (χ0n) is 19.0. The van der Waals surface area contributed by atoms with Gasteiger partial charge in [-0.05, 0) is 47.9 Å². The number of hydrogen-bond acceptors (Lipinski definition) is 3. The van der Waals surface area contributed by atoms with Gasteiger partial charge in [0, 0.05) is 18.3 Å². The van der Waals surface area contributed by atoms with Gasteiger partial charge in [0.15, 0.2) is 0 Å². The highest BCUT2D eigenvalue weighted by Crippen LogP contribution is 2.27. The van der Waals surface area contributed by atoms with Crippen LogP contribution < -0.4 is 5.69 Å². The average molecular weight is 447 g/mol. The standard InChI is InChI=1S/C27H30N2O4/c1-2-22-18-29(25(30)16-19-8-4-3-5-9-19)27(33)28(22)17-20-12-14-21(15-13-20)23-10-6-7-11-24(23)26(31)32/h6-7,10-15,18-19H,2-5,8-9,16-17H2,1H3,(H,31,32). The van der Waals surface area contributed by atoms with Gasteiger partial charge in [-0.1, -0.05) is 68.7 Å². The molecule has 1 heterocycles. The van der Waals surface area contributed by atoms with Crippen molar-refractivity contribution in [1.29, 1.82) is 0 Å². The van der Waals surface area contributed by atoms with Crippen molar-refractivity contribution in [3.63, 3.8) is 0 Å². The summed E-state index contributed by atoms with van der Waals surface area (Å²) in [5.41, 5.74) is 3.18. The van der Waals surface area contributed by atoms with Gasteiger partial charge in [-0.15, -0.1) is 0 Å². The van der Waals surface area contributed by atoms with Crippen molar-refractivity contribution in [1.82, 2.24) is 9.13 Å². The van der Waals surface area contributed by atoms with E-state index in [4.69, 9.17) is 0 Å². The lowest BCUT2D eigenvalue weighted by Gasteiger charge is -2.20. The van der Waals surface area contributed by atoms with Gasteiger partial charge >= 0.3 is 11.7 Å². The summed E-state index contributed by atoms with van der Waals surface area (Å²) < 4.78 is 2.96. The number of aromatic carboxylic acids is 1. The Morgan fingerprint density at radius 1 is 1.00 bits per heavy atom. The number of benzene rings is 2. The van der Waals surface area contributed by atoms with Crippen LogP contribution in [0.4, 0.5) is 0 Å². The lowest BCUT2D eigenvalue weighted by molar-refractivity contribution is 0.0697. The first kappa shape index (κ1) is 22.8. The molecule has 1 N–H and O–H groups in total. The van der Waals surface area contributed by atoms with Crippen molar-refractivity contribution in [3.05, 3.63) is 82.0 Å². The molecule has 0 radical (unpaired) electrons. The van der Waals surface area contributed by atoms with Crippen LogP contribution in [-0.2, 0) is 13.0 Å². The fourth-order valence-electron chi connectivity index (χ4n) is 4.79. The maximum absolute atomic E-state index is 13.1. The number of hydrogen-bond donors (Lipinski definition) is 1. The number of carboxylic acid groups (broad SMARTS) is 1. The third-order valence-electron chi connectivity index (χ3n) is 6.64. The number of rotatable bonds is 7. The molecule has 0 aliphatic heterocycles. The van der Waals surface area contributed by atoms with Crippen molar-refractivity contribution < 1.29 is 14.7 Å². The molecular weight excluding hydrogens is 416 g/mol. The molecule has 0 amide bonds. The van der Waals surface area contributed by atoms with Crippen molar-refractivity contribution in [3.8, 4) is 11.1 Å². The molecule has 0 saturated heterocycles. The highest BCUT2D eigenvalue weighted by Gasteiger charge is 2.21. The minimum atomic E-state index is -0.965. The van der Waals surface area contributed by atoms with Gasteiger partial charge in [-0.3, -0.25) is 9.36 Å². The molecule has 0 unspecified atom stereocenters. The predicted octanol–water partition coefficient (Wildman–Crippen LogP) is 5.24. The molecule has 1 aromatic heterocycles. The smallest absolute Gasteiger partial charge is 0.336 e. The van der Waals surface area contributed by atoms with Gasteiger partial charge < -0.3 is 5.11 Å². The summed E-state index contributed by atoms with van der Waals surface area (Å²) in [5, 5.41) is 9.45. The maximum Gasteiger partial charge on any atom is 0.336 e. The van der Waals surface area contributed by atoms with Crippen LogP contribution >= 0.6 is 0 Å². The second-order valence-electron chi connectivity index (χ2n) is 8.86.